The van der Waals surface area contributed by atoms with Gasteiger partial charge in [-0.2, -0.15) is 0 Å². The summed E-state index contributed by atoms with van der Waals surface area (Å²) in [6.45, 7) is 4.33. The van der Waals surface area contributed by atoms with Crippen LogP contribution in [0.2, 0.25) is 0 Å². The Labute approximate surface area is 168 Å². The van der Waals surface area contributed by atoms with Crippen molar-refractivity contribution in [1.29, 1.82) is 0 Å². The number of aryl methyl sites for hydroxylation is 2. The van der Waals surface area contributed by atoms with E-state index < -0.39 is 11.9 Å². The van der Waals surface area contributed by atoms with Crippen LogP contribution in [0.25, 0.3) is 10.8 Å². The van der Waals surface area contributed by atoms with Gasteiger partial charge in [0.2, 0.25) is 0 Å². The molecule has 0 fully saturated rings. The fourth-order valence-corrected chi connectivity index (χ4v) is 3.04. The molecule has 0 aromatic heterocycles. The number of hydrogen-bond acceptors (Lipinski definition) is 3. The van der Waals surface area contributed by atoms with Gasteiger partial charge in [-0.1, -0.05) is 30.3 Å². The highest BCUT2D eigenvalue weighted by Gasteiger charge is 2.17. The second-order valence-electron chi connectivity index (χ2n) is 6.86. The minimum atomic E-state index is -1.16. The van der Waals surface area contributed by atoms with E-state index in [1.165, 1.54) is 6.07 Å². The van der Waals surface area contributed by atoms with Crippen molar-refractivity contribution in [1.82, 2.24) is 10.6 Å². The number of nitrogens with one attached hydrogen (secondary N) is 2. The van der Waals surface area contributed by atoms with Crippen LogP contribution in [0.5, 0.6) is 0 Å². The maximum atomic E-state index is 12.5. The number of rotatable bonds is 6. The maximum absolute atomic E-state index is 12.5. The van der Waals surface area contributed by atoms with E-state index in [0.29, 0.717) is 5.56 Å². The summed E-state index contributed by atoms with van der Waals surface area (Å²) in [5.74, 6) is -1.88. The van der Waals surface area contributed by atoms with Gasteiger partial charge in [0, 0.05) is 18.7 Å². The Morgan fingerprint density at radius 2 is 1.34 bits per heavy atom. The summed E-state index contributed by atoms with van der Waals surface area (Å²) in [7, 11) is 0. The summed E-state index contributed by atoms with van der Waals surface area (Å²) in [5, 5.41) is 16.4. The third kappa shape index (κ3) is 4.60. The molecule has 3 rings (SSSR count). The molecule has 0 bridgehead atoms. The highest BCUT2D eigenvalue weighted by molar-refractivity contribution is 6.08. The standard InChI is InChI=1S/C23H22N2O4/c1-14-7-8-18(11-15(14)2)21(26)24-9-10-25-22(27)19-12-16-5-3-4-6-17(16)13-20(19)23(28)29/h3-8,11-13H,9-10H2,1-2H3,(H,24,26)(H,25,27)(H,28,29). The van der Waals surface area contributed by atoms with E-state index >= 15 is 0 Å². The molecule has 3 aromatic carbocycles. The molecule has 0 saturated heterocycles. The number of carboxylic acid groups (broad SMARTS) is 1. The average Bonchev–Trinajstić information content (AvgIpc) is 2.71. The first kappa shape index (κ1) is 20.1. The molecule has 0 aliphatic carbocycles. The Hall–Kier alpha value is -3.67. The second-order valence-corrected chi connectivity index (χ2v) is 6.86. The van der Waals surface area contributed by atoms with Crippen LogP contribution in [0.1, 0.15) is 42.2 Å². The van der Waals surface area contributed by atoms with Crippen molar-refractivity contribution in [2.75, 3.05) is 13.1 Å². The molecular weight excluding hydrogens is 368 g/mol. The lowest BCUT2D eigenvalue weighted by atomic mass is 10.0. The predicted molar refractivity (Wildman–Crippen MR) is 111 cm³/mol. The first-order valence-corrected chi connectivity index (χ1v) is 9.26. The fraction of sp³-hybridized carbons (Fsp3) is 0.174. The number of benzene rings is 3. The van der Waals surface area contributed by atoms with Gasteiger partial charge in [0.15, 0.2) is 0 Å². The number of fused-ring (bicyclic) bond motifs is 1. The number of aromatic carboxylic acids is 1. The van der Waals surface area contributed by atoms with Crippen LogP contribution in [0, 0.1) is 13.8 Å². The summed E-state index contributed by atoms with van der Waals surface area (Å²) in [6.07, 6.45) is 0. The summed E-state index contributed by atoms with van der Waals surface area (Å²) in [4.78, 5) is 36.3. The number of carbonyl (C=O) groups excluding carboxylic acids is 2. The first-order chi connectivity index (χ1) is 13.9. The van der Waals surface area contributed by atoms with E-state index in [4.69, 9.17) is 0 Å². The monoisotopic (exact) mass is 390 g/mol. The predicted octanol–water partition coefficient (Wildman–Crippen LogP) is 3.31. The van der Waals surface area contributed by atoms with Crippen LogP contribution in [0.4, 0.5) is 0 Å². The Morgan fingerprint density at radius 3 is 1.93 bits per heavy atom. The van der Waals surface area contributed by atoms with E-state index in [1.54, 1.807) is 18.2 Å². The first-order valence-electron chi connectivity index (χ1n) is 9.26. The summed E-state index contributed by atoms with van der Waals surface area (Å²) >= 11 is 0. The van der Waals surface area contributed by atoms with Crippen molar-refractivity contribution < 1.29 is 19.5 Å². The lowest BCUT2D eigenvalue weighted by molar-refractivity contribution is 0.0691. The van der Waals surface area contributed by atoms with Crippen molar-refractivity contribution in [2.24, 2.45) is 0 Å². The van der Waals surface area contributed by atoms with Crippen LogP contribution >= 0.6 is 0 Å². The second kappa shape index (κ2) is 8.56. The van der Waals surface area contributed by atoms with Crippen molar-refractivity contribution in [3.63, 3.8) is 0 Å². The van der Waals surface area contributed by atoms with E-state index in [1.807, 2.05) is 44.2 Å². The van der Waals surface area contributed by atoms with Crippen LogP contribution in [-0.4, -0.2) is 36.0 Å². The van der Waals surface area contributed by atoms with Crippen LogP contribution in [0.15, 0.2) is 54.6 Å². The molecule has 2 amide bonds. The van der Waals surface area contributed by atoms with E-state index in [9.17, 15) is 19.5 Å². The number of carboxylic acids is 1. The zero-order valence-corrected chi connectivity index (χ0v) is 16.3. The lowest BCUT2D eigenvalue weighted by Gasteiger charge is -2.11. The molecule has 0 radical (unpaired) electrons. The van der Waals surface area contributed by atoms with Crippen molar-refractivity contribution >= 4 is 28.6 Å². The topological polar surface area (TPSA) is 95.5 Å². The third-order valence-electron chi connectivity index (χ3n) is 4.83. The third-order valence-corrected chi connectivity index (χ3v) is 4.83. The molecule has 0 spiro atoms. The number of amides is 2. The maximum Gasteiger partial charge on any atom is 0.336 e. The molecule has 6 heteroatoms. The minimum absolute atomic E-state index is 0.0552. The zero-order chi connectivity index (χ0) is 21.0. The summed E-state index contributed by atoms with van der Waals surface area (Å²) < 4.78 is 0. The van der Waals surface area contributed by atoms with Gasteiger partial charge in [-0.15, -0.1) is 0 Å². The van der Waals surface area contributed by atoms with Crippen LogP contribution in [-0.2, 0) is 0 Å². The van der Waals surface area contributed by atoms with Gasteiger partial charge in [0.05, 0.1) is 11.1 Å². The quantitative estimate of drug-likeness (QED) is 0.563. The molecular formula is C23H22N2O4. The van der Waals surface area contributed by atoms with Gasteiger partial charge in [0.25, 0.3) is 11.8 Å². The Morgan fingerprint density at radius 1 is 0.759 bits per heavy atom. The summed E-state index contributed by atoms with van der Waals surface area (Å²) in [6, 6.07) is 15.8. The molecule has 6 nitrogen and oxygen atoms in total. The fourth-order valence-electron chi connectivity index (χ4n) is 3.04. The Bertz CT molecular complexity index is 1110. The smallest absolute Gasteiger partial charge is 0.336 e. The largest absolute Gasteiger partial charge is 0.478 e. The molecule has 148 valence electrons. The summed E-state index contributed by atoms with van der Waals surface area (Å²) in [5.41, 5.74) is 2.74. The van der Waals surface area contributed by atoms with Crippen molar-refractivity contribution in [2.45, 2.75) is 13.8 Å². The molecule has 0 saturated carbocycles. The average molecular weight is 390 g/mol. The van der Waals surface area contributed by atoms with E-state index in [0.717, 1.165) is 21.9 Å². The van der Waals surface area contributed by atoms with E-state index in [-0.39, 0.29) is 30.1 Å². The molecule has 0 heterocycles. The highest BCUT2D eigenvalue weighted by Crippen LogP contribution is 2.20. The molecule has 3 aromatic rings. The Kier molecular flexibility index (Phi) is 5.93. The molecule has 0 atom stereocenters. The lowest BCUT2D eigenvalue weighted by Crippen LogP contribution is -2.35. The van der Waals surface area contributed by atoms with E-state index in [2.05, 4.69) is 10.6 Å². The van der Waals surface area contributed by atoms with Gasteiger partial charge in [-0.05, 0) is 60.0 Å². The molecule has 0 unspecified atom stereocenters. The molecule has 0 aliphatic rings. The highest BCUT2D eigenvalue weighted by atomic mass is 16.4. The number of carbonyl (C=O) groups is 3. The minimum Gasteiger partial charge on any atom is -0.478 e. The zero-order valence-electron chi connectivity index (χ0n) is 16.3. The van der Waals surface area contributed by atoms with Crippen LogP contribution < -0.4 is 10.6 Å². The molecule has 3 N–H and O–H groups in total. The Balaban J connectivity index is 1.63. The van der Waals surface area contributed by atoms with Crippen molar-refractivity contribution in [3.8, 4) is 0 Å². The number of hydrogen-bond donors (Lipinski definition) is 3. The van der Waals surface area contributed by atoms with Crippen molar-refractivity contribution in [3.05, 3.63) is 82.4 Å². The van der Waals surface area contributed by atoms with Gasteiger partial charge in [-0.3, -0.25) is 9.59 Å². The van der Waals surface area contributed by atoms with Gasteiger partial charge in [0.1, 0.15) is 0 Å². The van der Waals surface area contributed by atoms with Gasteiger partial charge < -0.3 is 15.7 Å². The SMILES string of the molecule is Cc1ccc(C(=O)NCCNC(=O)c2cc3ccccc3cc2C(=O)O)cc1C. The normalized spacial score (nSPS) is 10.6. The van der Waals surface area contributed by atoms with Gasteiger partial charge in [-0.25, -0.2) is 4.79 Å². The molecule has 29 heavy (non-hydrogen) atoms. The molecule has 0 aliphatic heterocycles. The van der Waals surface area contributed by atoms with Crippen LogP contribution in [0.3, 0.4) is 0 Å². The van der Waals surface area contributed by atoms with Gasteiger partial charge >= 0.3 is 5.97 Å².